The Hall–Kier alpha value is -1.14. The molecule has 1 amide bonds. The van der Waals surface area contributed by atoms with Crippen LogP contribution in [0.15, 0.2) is 5.16 Å². The first-order valence-corrected chi connectivity index (χ1v) is 6.45. The number of nitrogens with zero attached hydrogens (tertiary/aromatic N) is 2. The second-order valence-corrected chi connectivity index (χ2v) is 4.67. The lowest BCUT2D eigenvalue weighted by Gasteiger charge is -2.35. The van der Waals surface area contributed by atoms with Crippen LogP contribution in [0.25, 0.3) is 0 Å². The van der Waals surface area contributed by atoms with E-state index in [1.54, 1.807) is 4.90 Å². The molecule has 0 bridgehead atoms. The number of amides is 1. The van der Waals surface area contributed by atoms with Crippen LogP contribution >= 0.6 is 0 Å². The number of piperidine rings is 1. The molecule has 6 heteroatoms. The predicted molar refractivity (Wildman–Crippen MR) is 64.8 cm³/mol. The zero-order valence-corrected chi connectivity index (χ0v) is 10.7. The molecule has 0 aromatic carbocycles. The number of hydrogen-bond donors (Lipinski definition) is 1. The van der Waals surface area contributed by atoms with Crippen LogP contribution in [0, 0.1) is 5.92 Å². The van der Waals surface area contributed by atoms with Crippen LogP contribution in [0.4, 0.5) is 0 Å². The molecule has 0 aromatic heterocycles. The second kappa shape index (κ2) is 6.15. The van der Waals surface area contributed by atoms with E-state index >= 15 is 0 Å². The van der Waals surface area contributed by atoms with Crippen molar-refractivity contribution < 1.29 is 19.5 Å². The van der Waals surface area contributed by atoms with Crippen molar-refractivity contribution in [2.75, 3.05) is 32.9 Å². The smallest absolute Gasteiger partial charge is 0.254 e. The van der Waals surface area contributed by atoms with Crippen molar-refractivity contribution >= 4 is 11.6 Å². The van der Waals surface area contributed by atoms with Gasteiger partial charge in [0.15, 0.2) is 6.10 Å². The Kier molecular flexibility index (Phi) is 4.54. The van der Waals surface area contributed by atoms with E-state index in [2.05, 4.69) is 5.16 Å². The molecule has 0 spiro atoms. The van der Waals surface area contributed by atoms with Gasteiger partial charge < -0.3 is 19.6 Å². The zero-order chi connectivity index (χ0) is 13.0. The molecule has 2 fully saturated rings. The highest BCUT2D eigenvalue weighted by Gasteiger charge is 2.32. The van der Waals surface area contributed by atoms with Crippen LogP contribution in [-0.4, -0.2) is 60.7 Å². The summed E-state index contributed by atoms with van der Waals surface area (Å²) in [4.78, 5) is 14.0. The van der Waals surface area contributed by atoms with Crippen LogP contribution in [-0.2, 0) is 14.3 Å². The van der Waals surface area contributed by atoms with Gasteiger partial charge in [-0.15, -0.1) is 0 Å². The molecule has 2 heterocycles. The van der Waals surface area contributed by atoms with Gasteiger partial charge in [-0.05, 0) is 6.42 Å². The van der Waals surface area contributed by atoms with Gasteiger partial charge in [-0.25, -0.2) is 0 Å². The third-order valence-corrected chi connectivity index (χ3v) is 3.57. The van der Waals surface area contributed by atoms with Crippen molar-refractivity contribution in [3.8, 4) is 0 Å². The molecule has 102 valence electrons. The molecule has 0 aliphatic carbocycles. The van der Waals surface area contributed by atoms with E-state index in [1.807, 2.05) is 6.92 Å². The minimum absolute atomic E-state index is 0.00913. The Labute approximate surface area is 107 Å². The largest absolute Gasteiger partial charge is 0.411 e. The van der Waals surface area contributed by atoms with Gasteiger partial charge in [-0.2, -0.15) is 0 Å². The van der Waals surface area contributed by atoms with Crippen molar-refractivity contribution in [1.29, 1.82) is 0 Å². The molecule has 2 unspecified atom stereocenters. The van der Waals surface area contributed by atoms with E-state index in [9.17, 15) is 4.79 Å². The van der Waals surface area contributed by atoms with Gasteiger partial charge in [-0.3, -0.25) is 4.79 Å². The molecule has 6 nitrogen and oxygen atoms in total. The molecule has 0 aromatic rings. The van der Waals surface area contributed by atoms with E-state index in [-0.39, 0.29) is 11.8 Å². The van der Waals surface area contributed by atoms with E-state index in [0.717, 1.165) is 12.1 Å². The maximum atomic E-state index is 12.2. The molecule has 0 saturated carbocycles. The Balaban J connectivity index is 1.95. The van der Waals surface area contributed by atoms with Gasteiger partial charge in [0.1, 0.15) is 0 Å². The summed E-state index contributed by atoms with van der Waals surface area (Å²) < 4.78 is 10.7. The lowest BCUT2D eigenvalue weighted by Crippen LogP contribution is -2.50. The minimum atomic E-state index is -0.469. The van der Waals surface area contributed by atoms with E-state index < -0.39 is 6.10 Å². The SMILES string of the molecule is CCC1CN(C(=O)C2COCCO2)CCC1=NO. The summed E-state index contributed by atoms with van der Waals surface area (Å²) in [6.45, 7) is 4.60. The average Bonchev–Trinajstić information content (AvgIpc) is 2.46. The summed E-state index contributed by atoms with van der Waals surface area (Å²) in [5.41, 5.74) is 0.794. The minimum Gasteiger partial charge on any atom is -0.411 e. The molecular formula is C12H20N2O4. The lowest BCUT2D eigenvalue weighted by atomic mass is 9.93. The lowest BCUT2D eigenvalue weighted by molar-refractivity contribution is -0.158. The van der Waals surface area contributed by atoms with Crippen molar-refractivity contribution in [2.24, 2.45) is 11.1 Å². The monoisotopic (exact) mass is 256 g/mol. The molecule has 2 saturated heterocycles. The molecule has 2 rings (SSSR count). The highest BCUT2D eigenvalue weighted by Crippen LogP contribution is 2.19. The number of carbonyl (C=O) groups is 1. The Bertz CT molecular complexity index is 326. The van der Waals surface area contributed by atoms with Crippen LogP contribution in [0.1, 0.15) is 19.8 Å². The first kappa shape index (κ1) is 13.3. The average molecular weight is 256 g/mol. The molecular weight excluding hydrogens is 236 g/mol. The zero-order valence-electron chi connectivity index (χ0n) is 10.7. The number of carbonyl (C=O) groups excluding carboxylic acids is 1. The van der Waals surface area contributed by atoms with Crippen LogP contribution in [0.5, 0.6) is 0 Å². The summed E-state index contributed by atoms with van der Waals surface area (Å²) in [6, 6.07) is 0. The second-order valence-electron chi connectivity index (χ2n) is 4.67. The van der Waals surface area contributed by atoms with Crippen LogP contribution < -0.4 is 0 Å². The summed E-state index contributed by atoms with van der Waals surface area (Å²) in [7, 11) is 0. The molecule has 1 N–H and O–H groups in total. The molecule has 2 aliphatic rings. The first-order valence-electron chi connectivity index (χ1n) is 6.45. The number of likely N-dealkylation sites (tertiary alicyclic amines) is 1. The van der Waals surface area contributed by atoms with Gasteiger partial charge in [0.25, 0.3) is 5.91 Å². The molecule has 18 heavy (non-hydrogen) atoms. The maximum absolute atomic E-state index is 12.2. The Morgan fingerprint density at radius 1 is 1.56 bits per heavy atom. The fourth-order valence-corrected chi connectivity index (χ4v) is 2.45. The first-order chi connectivity index (χ1) is 8.76. The van der Waals surface area contributed by atoms with Gasteiger partial charge in [-0.1, -0.05) is 12.1 Å². The standard InChI is InChI=1S/C12H20N2O4/c1-2-9-7-14(4-3-10(9)13-16)12(15)11-8-17-5-6-18-11/h9,11,16H,2-8H2,1H3. The van der Waals surface area contributed by atoms with Gasteiger partial charge in [0.05, 0.1) is 25.5 Å². The van der Waals surface area contributed by atoms with Crippen LogP contribution in [0.3, 0.4) is 0 Å². The predicted octanol–water partition coefficient (Wildman–Crippen LogP) is 0.490. The molecule has 2 aliphatic heterocycles. The van der Waals surface area contributed by atoms with Gasteiger partial charge in [0.2, 0.25) is 0 Å². The third-order valence-electron chi connectivity index (χ3n) is 3.57. The normalized spacial score (nSPS) is 31.6. The van der Waals surface area contributed by atoms with Gasteiger partial charge in [0, 0.05) is 25.4 Å². The summed E-state index contributed by atoms with van der Waals surface area (Å²) >= 11 is 0. The number of ether oxygens (including phenoxy) is 2. The van der Waals surface area contributed by atoms with Gasteiger partial charge >= 0.3 is 0 Å². The number of hydrogen-bond acceptors (Lipinski definition) is 5. The van der Waals surface area contributed by atoms with E-state index in [4.69, 9.17) is 14.7 Å². The Morgan fingerprint density at radius 2 is 2.39 bits per heavy atom. The summed E-state index contributed by atoms with van der Waals surface area (Å²) in [5, 5.41) is 12.2. The number of rotatable bonds is 2. The van der Waals surface area contributed by atoms with Crippen LogP contribution in [0.2, 0.25) is 0 Å². The third kappa shape index (κ3) is 2.81. The van der Waals surface area contributed by atoms with Crippen molar-refractivity contribution in [2.45, 2.75) is 25.9 Å². The fraction of sp³-hybridized carbons (Fsp3) is 0.833. The van der Waals surface area contributed by atoms with E-state index in [0.29, 0.717) is 39.3 Å². The highest BCUT2D eigenvalue weighted by atomic mass is 16.6. The summed E-state index contributed by atoms with van der Waals surface area (Å²) in [6.07, 6.45) is 1.03. The van der Waals surface area contributed by atoms with E-state index in [1.165, 1.54) is 0 Å². The van der Waals surface area contributed by atoms with Crippen molar-refractivity contribution in [3.63, 3.8) is 0 Å². The van der Waals surface area contributed by atoms with Crippen molar-refractivity contribution in [3.05, 3.63) is 0 Å². The summed E-state index contributed by atoms with van der Waals surface area (Å²) in [5.74, 6) is 0.141. The quantitative estimate of drug-likeness (QED) is 0.576. The Morgan fingerprint density at radius 3 is 3.00 bits per heavy atom. The fourth-order valence-electron chi connectivity index (χ4n) is 2.45. The van der Waals surface area contributed by atoms with Crippen molar-refractivity contribution in [1.82, 2.24) is 4.90 Å². The molecule has 0 radical (unpaired) electrons. The maximum Gasteiger partial charge on any atom is 0.254 e. The highest BCUT2D eigenvalue weighted by molar-refractivity contribution is 5.90. The topological polar surface area (TPSA) is 71.4 Å². The number of oxime groups is 1. The molecule has 2 atom stereocenters.